The molecule has 0 spiro atoms. The van der Waals surface area contributed by atoms with Gasteiger partial charge in [0, 0.05) is 19.7 Å². The molecule has 0 radical (unpaired) electrons. The van der Waals surface area contributed by atoms with Crippen molar-refractivity contribution in [3.05, 3.63) is 28.8 Å². The summed E-state index contributed by atoms with van der Waals surface area (Å²) in [6.45, 7) is 0. The van der Waals surface area contributed by atoms with Crippen LogP contribution in [-0.4, -0.2) is 36.8 Å². The van der Waals surface area contributed by atoms with Crippen LogP contribution in [0.3, 0.4) is 0 Å². The summed E-state index contributed by atoms with van der Waals surface area (Å²) in [6.07, 6.45) is 0. The first-order valence-corrected chi connectivity index (χ1v) is 5.40. The Kier molecular flexibility index (Phi) is 4.36. The Morgan fingerprint density at radius 3 is 1.70 bits per heavy atom. The van der Waals surface area contributed by atoms with Crippen molar-refractivity contribution in [2.75, 3.05) is 14.1 Å². The Bertz CT molecular complexity index is 573. The number of rotatable bonds is 5. The lowest BCUT2D eigenvalue weighted by atomic mass is 10.0. The lowest BCUT2D eigenvalue weighted by Crippen LogP contribution is -2.20. The first-order chi connectivity index (χ1) is 9.23. The molecule has 0 fully saturated rings. The van der Waals surface area contributed by atoms with Crippen LogP contribution in [-0.2, 0) is 0 Å². The lowest BCUT2D eigenvalue weighted by Gasteiger charge is -2.09. The number of carbonyl (C=O) groups is 3. The molecule has 1 aromatic carbocycles. The van der Waals surface area contributed by atoms with Gasteiger partial charge in [-0.1, -0.05) is 5.22 Å². The van der Waals surface area contributed by atoms with E-state index in [1.807, 2.05) is 0 Å². The zero-order chi connectivity index (χ0) is 15.4. The third-order valence-corrected chi connectivity index (χ3v) is 2.25. The number of nitrogens with two attached hydrogens (primary N) is 3. The van der Waals surface area contributed by atoms with Gasteiger partial charge in [-0.3, -0.25) is 19.4 Å². The summed E-state index contributed by atoms with van der Waals surface area (Å²) in [5.41, 5.74) is 15.0. The minimum absolute atomic E-state index is 0.0728. The topological polar surface area (TPSA) is 157 Å². The fourth-order valence-electron chi connectivity index (χ4n) is 1.39. The predicted molar refractivity (Wildman–Crippen MR) is 70.2 cm³/mol. The van der Waals surface area contributed by atoms with E-state index in [4.69, 9.17) is 17.2 Å². The molecule has 3 amide bonds. The van der Waals surface area contributed by atoms with Crippen LogP contribution in [0.5, 0.6) is 0 Å². The number of benzene rings is 1. The standard InChI is InChI=1S/C11H14N6O3/c1-17(2)16-15-8-6(10(13)19)3-5(9(12)18)4-7(8)11(14)20/h3-4H,1-2H3,(H2,12,18)(H2,13,19)(H2,14,20). The quantitative estimate of drug-likeness (QED) is 0.491. The number of primary amides is 3. The smallest absolute Gasteiger partial charge is 0.251 e. The molecule has 0 saturated carbocycles. The maximum absolute atomic E-state index is 11.4. The number of carbonyl (C=O) groups excluding carboxylic acids is 3. The second-order valence-corrected chi connectivity index (χ2v) is 4.05. The minimum atomic E-state index is -0.886. The van der Waals surface area contributed by atoms with Gasteiger partial charge in [0.25, 0.3) is 11.8 Å². The largest absolute Gasteiger partial charge is 0.366 e. The first kappa shape index (κ1) is 15.1. The highest BCUT2D eigenvalue weighted by Gasteiger charge is 2.20. The summed E-state index contributed by atoms with van der Waals surface area (Å²) in [5, 5.41) is 8.77. The Morgan fingerprint density at radius 1 is 0.950 bits per heavy atom. The van der Waals surface area contributed by atoms with Gasteiger partial charge in [0.2, 0.25) is 5.91 Å². The molecule has 0 saturated heterocycles. The average molecular weight is 278 g/mol. The number of nitrogens with zero attached hydrogens (tertiary/aromatic N) is 3. The predicted octanol–water partition coefficient (Wildman–Crippen LogP) is -0.456. The Balaban J connectivity index is 3.63. The van der Waals surface area contributed by atoms with Crippen LogP contribution >= 0.6 is 0 Å². The van der Waals surface area contributed by atoms with Crippen LogP contribution < -0.4 is 17.2 Å². The van der Waals surface area contributed by atoms with E-state index in [2.05, 4.69) is 10.3 Å². The molecule has 9 nitrogen and oxygen atoms in total. The summed E-state index contributed by atoms with van der Waals surface area (Å²) in [6, 6.07) is 2.28. The fourth-order valence-corrected chi connectivity index (χ4v) is 1.39. The van der Waals surface area contributed by atoms with Gasteiger partial charge in [0.05, 0.1) is 11.1 Å². The van der Waals surface area contributed by atoms with Crippen molar-refractivity contribution in [1.82, 2.24) is 5.01 Å². The molecule has 20 heavy (non-hydrogen) atoms. The Morgan fingerprint density at radius 2 is 1.40 bits per heavy atom. The molecule has 6 N–H and O–H groups in total. The molecule has 0 aliphatic heterocycles. The van der Waals surface area contributed by atoms with Crippen LogP contribution in [0.1, 0.15) is 31.1 Å². The van der Waals surface area contributed by atoms with E-state index in [0.717, 1.165) is 12.1 Å². The highest BCUT2D eigenvalue weighted by atomic mass is 16.2. The number of hydrogen-bond donors (Lipinski definition) is 3. The van der Waals surface area contributed by atoms with Crippen LogP contribution in [0.2, 0.25) is 0 Å². The van der Waals surface area contributed by atoms with Crippen LogP contribution in [0, 0.1) is 0 Å². The Hall–Kier alpha value is -2.97. The van der Waals surface area contributed by atoms with Gasteiger partial charge in [-0.2, -0.15) is 0 Å². The summed E-state index contributed by atoms with van der Waals surface area (Å²) in [7, 11) is 3.18. The number of amides is 3. The molecule has 0 atom stereocenters. The molecule has 0 aliphatic rings. The van der Waals surface area contributed by atoms with Crippen LogP contribution in [0.4, 0.5) is 5.69 Å². The zero-order valence-electron chi connectivity index (χ0n) is 11.0. The highest BCUT2D eigenvalue weighted by molar-refractivity contribution is 6.09. The summed E-state index contributed by atoms with van der Waals surface area (Å²) >= 11 is 0. The summed E-state index contributed by atoms with van der Waals surface area (Å²) < 4.78 is 0. The SMILES string of the molecule is CN(C)N=Nc1c(C(N)=O)cc(C(N)=O)cc1C(N)=O. The van der Waals surface area contributed by atoms with Crippen molar-refractivity contribution in [2.24, 2.45) is 27.5 Å². The second kappa shape index (κ2) is 5.78. The van der Waals surface area contributed by atoms with E-state index >= 15 is 0 Å². The Labute approximate surface area is 114 Å². The van der Waals surface area contributed by atoms with Crippen molar-refractivity contribution in [3.63, 3.8) is 0 Å². The second-order valence-electron chi connectivity index (χ2n) is 4.05. The molecule has 106 valence electrons. The molecule has 0 unspecified atom stereocenters. The maximum atomic E-state index is 11.4. The van der Waals surface area contributed by atoms with Crippen molar-refractivity contribution < 1.29 is 14.4 Å². The number of hydrogen-bond acceptors (Lipinski definition) is 5. The van der Waals surface area contributed by atoms with E-state index < -0.39 is 17.7 Å². The molecular formula is C11H14N6O3. The van der Waals surface area contributed by atoms with Gasteiger partial charge in [-0.05, 0) is 12.1 Å². The van der Waals surface area contributed by atoms with E-state index in [9.17, 15) is 14.4 Å². The van der Waals surface area contributed by atoms with Gasteiger partial charge in [0.1, 0.15) is 5.69 Å². The van der Waals surface area contributed by atoms with Gasteiger partial charge in [-0.15, -0.1) is 5.11 Å². The molecule has 1 aromatic rings. The van der Waals surface area contributed by atoms with Gasteiger partial charge < -0.3 is 17.2 Å². The van der Waals surface area contributed by atoms with Gasteiger partial charge in [0.15, 0.2) is 0 Å². The molecular weight excluding hydrogens is 264 g/mol. The molecule has 0 bridgehead atoms. The molecule has 9 heteroatoms. The molecule has 0 aliphatic carbocycles. The lowest BCUT2D eigenvalue weighted by molar-refractivity contribution is 0.0999. The van der Waals surface area contributed by atoms with Crippen LogP contribution in [0.25, 0.3) is 0 Å². The van der Waals surface area contributed by atoms with Gasteiger partial charge >= 0.3 is 0 Å². The van der Waals surface area contributed by atoms with Crippen molar-refractivity contribution in [1.29, 1.82) is 0 Å². The minimum Gasteiger partial charge on any atom is -0.366 e. The molecule has 0 aromatic heterocycles. The van der Waals surface area contributed by atoms with Crippen molar-refractivity contribution >= 4 is 23.4 Å². The summed E-state index contributed by atoms with van der Waals surface area (Å²) in [4.78, 5) is 34.0. The molecule has 0 heterocycles. The van der Waals surface area contributed by atoms with E-state index in [-0.39, 0.29) is 22.4 Å². The van der Waals surface area contributed by atoms with E-state index in [1.165, 1.54) is 5.01 Å². The highest BCUT2D eigenvalue weighted by Crippen LogP contribution is 2.26. The van der Waals surface area contributed by atoms with Gasteiger partial charge in [-0.25, -0.2) is 0 Å². The molecule has 1 rings (SSSR count). The van der Waals surface area contributed by atoms with Crippen molar-refractivity contribution in [2.45, 2.75) is 0 Å². The summed E-state index contributed by atoms with van der Waals surface area (Å²) in [5.74, 6) is -2.60. The monoisotopic (exact) mass is 278 g/mol. The fraction of sp³-hybridized carbons (Fsp3) is 0.182. The average Bonchev–Trinajstić information content (AvgIpc) is 2.34. The normalized spacial score (nSPS) is 10.5. The third-order valence-electron chi connectivity index (χ3n) is 2.25. The van der Waals surface area contributed by atoms with Crippen molar-refractivity contribution in [3.8, 4) is 0 Å². The van der Waals surface area contributed by atoms with Crippen LogP contribution in [0.15, 0.2) is 22.5 Å². The third kappa shape index (κ3) is 3.28. The van der Waals surface area contributed by atoms with E-state index in [1.54, 1.807) is 14.1 Å². The van der Waals surface area contributed by atoms with E-state index in [0.29, 0.717) is 0 Å². The zero-order valence-corrected chi connectivity index (χ0v) is 11.0. The maximum Gasteiger partial charge on any atom is 0.251 e. The first-order valence-electron chi connectivity index (χ1n) is 5.40.